The van der Waals surface area contributed by atoms with Gasteiger partial charge < -0.3 is 20.2 Å². The van der Waals surface area contributed by atoms with Crippen LogP contribution >= 0.6 is 0 Å². The van der Waals surface area contributed by atoms with Crippen LogP contribution in [-0.2, 0) is 17.8 Å². The molecule has 0 fully saturated rings. The minimum Gasteiger partial charge on any atom is -0.463 e. The van der Waals surface area contributed by atoms with Crippen LogP contribution in [0.15, 0.2) is 29.1 Å². The predicted molar refractivity (Wildman–Crippen MR) is 103 cm³/mol. The second-order valence-electron chi connectivity index (χ2n) is 6.33. The zero-order chi connectivity index (χ0) is 19.2. The molecule has 8 nitrogen and oxygen atoms in total. The van der Waals surface area contributed by atoms with Crippen LogP contribution in [0.3, 0.4) is 0 Å². The fourth-order valence-electron chi connectivity index (χ4n) is 2.84. The molecule has 8 heteroatoms. The molecule has 1 aromatic carbocycles. The SMILES string of the molecule is CCCCOc1nc(N)c2[nH]c(=O)n(Cc3cccc(CCC=O)c3)c2n1. The Bertz CT molecular complexity index is 993. The molecule has 27 heavy (non-hydrogen) atoms. The number of imidazole rings is 1. The number of hydrogen-bond donors (Lipinski definition) is 2. The number of aromatic nitrogens is 4. The van der Waals surface area contributed by atoms with Crippen LogP contribution in [-0.4, -0.2) is 32.4 Å². The number of fused-ring (bicyclic) bond motifs is 1. The van der Waals surface area contributed by atoms with Gasteiger partial charge in [0.2, 0.25) is 0 Å². The zero-order valence-corrected chi connectivity index (χ0v) is 15.3. The van der Waals surface area contributed by atoms with E-state index in [1.54, 1.807) is 0 Å². The van der Waals surface area contributed by atoms with E-state index in [2.05, 4.69) is 21.9 Å². The predicted octanol–water partition coefficient (Wildman–Crippen LogP) is 2.06. The fourth-order valence-corrected chi connectivity index (χ4v) is 2.84. The molecule has 3 aromatic rings. The zero-order valence-electron chi connectivity index (χ0n) is 15.3. The van der Waals surface area contributed by atoms with Gasteiger partial charge in [0.05, 0.1) is 13.2 Å². The van der Waals surface area contributed by atoms with Gasteiger partial charge in [0.1, 0.15) is 11.8 Å². The number of nitrogens with zero attached hydrogens (tertiary/aromatic N) is 3. The van der Waals surface area contributed by atoms with Gasteiger partial charge in [-0.15, -0.1) is 0 Å². The maximum Gasteiger partial charge on any atom is 0.328 e. The highest BCUT2D eigenvalue weighted by atomic mass is 16.5. The Hall–Kier alpha value is -3.16. The first kappa shape index (κ1) is 18.6. The molecule has 3 rings (SSSR count). The van der Waals surface area contributed by atoms with Gasteiger partial charge in [-0.25, -0.2) is 4.79 Å². The number of rotatable bonds is 9. The highest BCUT2D eigenvalue weighted by Gasteiger charge is 2.15. The molecule has 2 aromatic heterocycles. The molecule has 0 aliphatic heterocycles. The Labute approximate surface area is 156 Å². The van der Waals surface area contributed by atoms with Gasteiger partial charge in [-0.05, 0) is 24.0 Å². The van der Waals surface area contributed by atoms with Gasteiger partial charge in [0.25, 0.3) is 0 Å². The molecule has 0 bridgehead atoms. The van der Waals surface area contributed by atoms with E-state index >= 15 is 0 Å². The monoisotopic (exact) mass is 369 g/mol. The summed E-state index contributed by atoms with van der Waals surface area (Å²) in [6.45, 7) is 2.89. The molecule has 3 N–H and O–H groups in total. The molecule has 0 unspecified atom stereocenters. The Morgan fingerprint density at radius 1 is 1.30 bits per heavy atom. The van der Waals surface area contributed by atoms with Crippen molar-refractivity contribution in [3.05, 3.63) is 45.9 Å². The highest BCUT2D eigenvalue weighted by molar-refractivity contribution is 5.81. The molecule has 142 valence electrons. The molecule has 0 saturated carbocycles. The van der Waals surface area contributed by atoms with E-state index < -0.39 is 0 Å². The normalized spacial score (nSPS) is 11.0. The van der Waals surface area contributed by atoms with Crippen molar-refractivity contribution in [3.63, 3.8) is 0 Å². The summed E-state index contributed by atoms with van der Waals surface area (Å²) in [5.41, 5.74) is 8.46. The van der Waals surface area contributed by atoms with Crippen molar-refractivity contribution in [2.45, 2.75) is 39.2 Å². The molecular weight excluding hydrogens is 346 g/mol. The lowest BCUT2D eigenvalue weighted by atomic mass is 10.1. The van der Waals surface area contributed by atoms with Crippen LogP contribution in [0.25, 0.3) is 11.2 Å². The quantitative estimate of drug-likeness (QED) is 0.440. The number of nitrogens with two attached hydrogens (primary N) is 1. The van der Waals surface area contributed by atoms with Crippen molar-refractivity contribution >= 4 is 23.3 Å². The number of aromatic amines is 1. The first-order chi connectivity index (χ1) is 13.1. The van der Waals surface area contributed by atoms with Gasteiger partial charge in [-0.1, -0.05) is 37.6 Å². The summed E-state index contributed by atoms with van der Waals surface area (Å²) < 4.78 is 7.06. The maximum atomic E-state index is 12.4. The Kier molecular flexibility index (Phi) is 5.85. The summed E-state index contributed by atoms with van der Waals surface area (Å²) in [6, 6.07) is 7.96. The van der Waals surface area contributed by atoms with Crippen LogP contribution in [0.4, 0.5) is 5.82 Å². The van der Waals surface area contributed by atoms with Crippen LogP contribution in [0.1, 0.15) is 37.3 Å². The van der Waals surface area contributed by atoms with Crippen LogP contribution in [0.5, 0.6) is 6.01 Å². The van der Waals surface area contributed by atoms with E-state index in [9.17, 15) is 9.59 Å². The fraction of sp³-hybridized carbons (Fsp3) is 0.368. The Morgan fingerprint density at radius 3 is 2.89 bits per heavy atom. The molecule has 2 heterocycles. The van der Waals surface area contributed by atoms with Crippen LogP contribution in [0.2, 0.25) is 0 Å². The van der Waals surface area contributed by atoms with Crippen LogP contribution < -0.4 is 16.2 Å². The highest BCUT2D eigenvalue weighted by Crippen LogP contribution is 2.19. The van der Waals surface area contributed by atoms with Crippen molar-refractivity contribution in [1.82, 2.24) is 19.5 Å². The third kappa shape index (κ3) is 4.33. The number of H-pyrrole nitrogens is 1. The third-order valence-corrected chi connectivity index (χ3v) is 4.24. The first-order valence-corrected chi connectivity index (χ1v) is 9.02. The van der Waals surface area contributed by atoms with E-state index in [4.69, 9.17) is 10.5 Å². The molecule has 0 atom stereocenters. The van der Waals surface area contributed by atoms with Crippen molar-refractivity contribution in [2.75, 3.05) is 12.3 Å². The van der Waals surface area contributed by atoms with Crippen molar-refractivity contribution in [2.24, 2.45) is 0 Å². The summed E-state index contributed by atoms with van der Waals surface area (Å²) in [5, 5.41) is 0. The summed E-state index contributed by atoms with van der Waals surface area (Å²) in [5.74, 6) is 0.182. The lowest BCUT2D eigenvalue weighted by Gasteiger charge is -2.08. The van der Waals surface area contributed by atoms with Gasteiger partial charge in [0.15, 0.2) is 11.5 Å². The second kappa shape index (κ2) is 8.48. The minimum absolute atomic E-state index is 0.168. The number of anilines is 1. The number of hydrogen-bond acceptors (Lipinski definition) is 6. The number of unbranched alkanes of at least 4 members (excludes halogenated alkanes) is 1. The van der Waals surface area contributed by atoms with Crippen molar-refractivity contribution in [3.8, 4) is 6.01 Å². The minimum atomic E-state index is -0.310. The van der Waals surface area contributed by atoms with Crippen LogP contribution in [0, 0.1) is 0 Å². The number of nitrogens with one attached hydrogen (secondary N) is 1. The Balaban J connectivity index is 1.92. The number of aryl methyl sites for hydroxylation is 1. The number of carbonyl (C=O) groups is 1. The van der Waals surface area contributed by atoms with E-state index in [1.165, 1.54) is 4.57 Å². The number of nitrogen functional groups attached to an aromatic ring is 1. The summed E-state index contributed by atoms with van der Waals surface area (Å²) in [4.78, 5) is 34.2. The Morgan fingerprint density at radius 2 is 2.11 bits per heavy atom. The standard InChI is InChI=1S/C19H23N5O3/c1-2-3-10-27-18-22-16(20)15-17(23-18)24(19(26)21-15)12-14-7-4-6-13(11-14)8-5-9-25/h4,6-7,9,11H,2-3,5,8,10,12H2,1H3,(H,21,26)(H2,20,22,23). The third-order valence-electron chi connectivity index (χ3n) is 4.24. The lowest BCUT2D eigenvalue weighted by Crippen LogP contribution is -2.18. The average Bonchev–Trinajstić information content (AvgIpc) is 2.97. The molecule has 0 amide bonds. The first-order valence-electron chi connectivity index (χ1n) is 9.02. The van der Waals surface area contributed by atoms with Gasteiger partial charge in [-0.3, -0.25) is 4.57 Å². The second-order valence-corrected chi connectivity index (χ2v) is 6.33. The molecule has 0 spiro atoms. The van der Waals surface area contributed by atoms with Gasteiger partial charge in [0, 0.05) is 6.42 Å². The van der Waals surface area contributed by atoms with Crippen molar-refractivity contribution < 1.29 is 9.53 Å². The maximum absolute atomic E-state index is 12.4. The van der Waals surface area contributed by atoms with E-state index in [1.807, 2.05) is 24.3 Å². The number of benzene rings is 1. The molecule has 0 radical (unpaired) electrons. The lowest BCUT2D eigenvalue weighted by molar-refractivity contribution is -0.107. The van der Waals surface area contributed by atoms with E-state index in [0.29, 0.717) is 37.2 Å². The van der Waals surface area contributed by atoms with Crippen molar-refractivity contribution in [1.29, 1.82) is 0 Å². The topological polar surface area (TPSA) is 116 Å². The largest absolute Gasteiger partial charge is 0.463 e. The smallest absolute Gasteiger partial charge is 0.328 e. The van der Waals surface area contributed by atoms with Gasteiger partial charge in [-0.2, -0.15) is 9.97 Å². The summed E-state index contributed by atoms with van der Waals surface area (Å²) >= 11 is 0. The van der Waals surface area contributed by atoms with Gasteiger partial charge >= 0.3 is 11.7 Å². The molecule has 0 aliphatic carbocycles. The molecular formula is C19H23N5O3. The molecule has 0 saturated heterocycles. The average molecular weight is 369 g/mol. The summed E-state index contributed by atoms with van der Waals surface area (Å²) in [7, 11) is 0. The molecule has 0 aliphatic rings. The summed E-state index contributed by atoms with van der Waals surface area (Å²) in [6.07, 6.45) is 3.92. The number of aldehydes is 1. The van der Waals surface area contributed by atoms with E-state index in [-0.39, 0.29) is 17.5 Å². The van der Waals surface area contributed by atoms with E-state index in [0.717, 1.165) is 30.3 Å². The number of ether oxygens (including phenoxy) is 1. The number of carbonyl (C=O) groups excluding carboxylic acids is 1.